The third kappa shape index (κ3) is 4.06. The van der Waals surface area contributed by atoms with Crippen molar-refractivity contribution in [3.05, 3.63) is 77.0 Å². The highest BCUT2D eigenvalue weighted by Crippen LogP contribution is 2.35. The van der Waals surface area contributed by atoms with Crippen molar-refractivity contribution in [3.63, 3.8) is 0 Å². The number of rotatable bonds is 4. The number of hydrogen-bond acceptors (Lipinski definition) is 6. The summed E-state index contributed by atoms with van der Waals surface area (Å²) in [4.78, 5) is 46.9. The van der Waals surface area contributed by atoms with Gasteiger partial charge in [-0.25, -0.2) is 19.3 Å². The molecular weight excluding hydrogens is 423 g/mol. The van der Waals surface area contributed by atoms with Gasteiger partial charge in [0.2, 0.25) is 5.91 Å². The first-order valence-electron chi connectivity index (χ1n) is 11.0. The summed E-state index contributed by atoms with van der Waals surface area (Å²) in [5, 5.41) is 0. The summed E-state index contributed by atoms with van der Waals surface area (Å²) >= 11 is 0. The van der Waals surface area contributed by atoms with Crippen LogP contribution in [0.2, 0.25) is 0 Å². The molecule has 2 aliphatic rings. The second-order valence-corrected chi connectivity index (χ2v) is 8.33. The van der Waals surface area contributed by atoms with E-state index in [9.17, 15) is 14.0 Å². The average Bonchev–Trinajstić information content (AvgIpc) is 3.31. The maximum Gasteiger partial charge on any atom is 0.274 e. The number of hydrogen-bond donors (Lipinski definition) is 0. The molecule has 0 bridgehead atoms. The highest BCUT2D eigenvalue weighted by atomic mass is 19.1. The SMILES string of the molecule is Cc1nc([C@H]2CCCN2C(=O)c2cnccn2)nc2c1CCC(=O)N2Cc1cccc(F)c1. The minimum atomic E-state index is -0.346. The fraction of sp³-hybridized carbons (Fsp3) is 0.333. The summed E-state index contributed by atoms with van der Waals surface area (Å²) in [7, 11) is 0. The van der Waals surface area contributed by atoms with Crippen molar-refractivity contribution >= 4 is 17.6 Å². The monoisotopic (exact) mass is 446 g/mol. The maximum atomic E-state index is 13.7. The third-order valence-corrected chi connectivity index (χ3v) is 6.18. The zero-order valence-electron chi connectivity index (χ0n) is 18.2. The summed E-state index contributed by atoms with van der Waals surface area (Å²) in [6.07, 6.45) is 6.94. The van der Waals surface area contributed by atoms with Crippen LogP contribution in [0, 0.1) is 12.7 Å². The number of amides is 2. The molecule has 2 amide bonds. The molecule has 0 radical (unpaired) electrons. The van der Waals surface area contributed by atoms with Crippen molar-refractivity contribution in [2.45, 2.75) is 45.2 Å². The Kier molecular flexibility index (Phi) is 5.53. The standard InChI is InChI=1S/C24H23FN6O2/c1-15-18-7-8-21(32)31(14-16-4-2-5-17(25)12-16)23(18)29-22(28-15)20-6-3-11-30(20)24(33)19-13-26-9-10-27-19/h2,4-5,9-10,12-13,20H,3,6-8,11,14H2,1H3/t20-/m1/s1. The second kappa shape index (κ2) is 8.65. The van der Waals surface area contributed by atoms with Gasteiger partial charge in [-0.3, -0.25) is 19.5 Å². The van der Waals surface area contributed by atoms with Crippen molar-refractivity contribution in [2.75, 3.05) is 11.4 Å². The maximum absolute atomic E-state index is 13.7. The molecule has 0 N–H and O–H groups in total. The van der Waals surface area contributed by atoms with Crippen molar-refractivity contribution in [2.24, 2.45) is 0 Å². The van der Waals surface area contributed by atoms with Crippen molar-refractivity contribution in [3.8, 4) is 0 Å². The predicted molar refractivity (Wildman–Crippen MR) is 118 cm³/mol. The number of benzene rings is 1. The number of aryl methyl sites for hydroxylation is 1. The second-order valence-electron chi connectivity index (χ2n) is 8.33. The lowest BCUT2D eigenvalue weighted by atomic mass is 10.0. The van der Waals surface area contributed by atoms with Gasteiger partial charge in [-0.2, -0.15) is 0 Å². The fourth-order valence-corrected chi connectivity index (χ4v) is 4.57. The molecule has 0 spiro atoms. The number of nitrogens with zero attached hydrogens (tertiary/aromatic N) is 6. The normalized spacial score (nSPS) is 17.9. The van der Waals surface area contributed by atoms with Crippen LogP contribution in [0.4, 0.5) is 10.2 Å². The minimum Gasteiger partial charge on any atom is -0.327 e. The van der Waals surface area contributed by atoms with Crippen LogP contribution in [0.1, 0.15) is 58.4 Å². The van der Waals surface area contributed by atoms with Gasteiger partial charge >= 0.3 is 0 Å². The summed E-state index contributed by atoms with van der Waals surface area (Å²) in [5.41, 5.74) is 2.68. The van der Waals surface area contributed by atoms with Crippen molar-refractivity contribution in [1.82, 2.24) is 24.8 Å². The molecule has 5 rings (SSSR count). The van der Waals surface area contributed by atoms with Crippen LogP contribution in [-0.4, -0.2) is 43.2 Å². The predicted octanol–water partition coefficient (Wildman–Crippen LogP) is 3.17. The smallest absolute Gasteiger partial charge is 0.274 e. The molecule has 1 atom stereocenters. The van der Waals surface area contributed by atoms with Crippen LogP contribution in [0.15, 0.2) is 42.9 Å². The molecule has 1 aromatic carbocycles. The molecule has 2 aromatic heterocycles. The van der Waals surface area contributed by atoms with E-state index in [0.29, 0.717) is 36.6 Å². The topological polar surface area (TPSA) is 92.2 Å². The van der Waals surface area contributed by atoms with Crippen LogP contribution < -0.4 is 4.90 Å². The molecule has 0 saturated carbocycles. The Balaban J connectivity index is 1.50. The van der Waals surface area contributed by atoms with Gasteiger partial charge in [0.25, 0.3) is 5.91 Å². The van der Waals surface area contributed by atoms with E-state index >= 15 is 0 Å². The van der Waals surface area contributed by atoms with E-state index in [1.54, 1.807) is 21.9 Å². The van der Waals surface area contributed by atoms with Gasteiger partial charge in [-0.15, -0.1) is 0 Å². The summed E-state index contributed by atoms with van der Waals surface area (Å²) in [6, 6.07) is 5.91. The summed E-state index contributed by atoms with van der Waals surface area (Å²) < 4.78 is 13.7. The van der Waals surface area contributed by atoms with Gasteiger partial charge in [0.05, 0.1) is 18.8 Å². The van der Waals surface area contributed by atoms with Gasteiger partial charge in [0, 0.05) is 36.6 Å². The number of likely N-dealkylation sites (tertiary alicyclic amines) is 1. The minimum absolute atomic E-state index is 0.0604. The molecular formula is C24H23FN6O2. The molecule has 33 heavy (non-hydrogen) atoms. The Labute approximate surface area is 190 Å². The lowest BCUT2D eigenvalue weighted by molar-refractivity contribution is -0.119. The molecule has 0 aliphatic carbocycles. The van der Waals surface area contributed by atoms with Gasteiger partial charge < -0.3 is 4.90 Å². The summed E-state index contributed by atoms with van der Waals surface area (Å²) in [6.45, 7) is 2.71. The molecule has 2 aliphatic heterocycles. The Morgan fingerprint density at radius 3 is 2.88 bits per heavy atom. The molecule has 1 fully saturated rings. The molecule has 4 heterocycles. The summed E-state index contributed by atoms with van der Waals surface area (Å²) in [5.74, 6) is 0.449. The van der Waals surface area contributed by atoms with E-state index < -0.39 is 0 Å². The van der Waals surface area contributed by atoms with Gasteiger partial charge in [-0.05, 0) is 43.9 Å². The van der Waals surface area contributed by atoms with E-state index in [0.717, 1.165) is 24.1 Å². The van der Waals surface area contributed by atoms with Gasteiger partial charge in [0.15, 0.2) is 5.82 Å². The lowest BCUT2D eigenvalue weighted by Gasteiger charge is -2.31. The van der Waals surface area contributed by atoms with E-state index in [1.807, 2.05) is 6.92 Å². The van der Waals surface area contributed by atoms with Crippen LogP contribution in [0.25, 0.3) is 0 Å². The molecule has 9 heteroatoms. The molecule has 3 aromatic rings. The highest BCUT2D eigenvalue weighted by molar-refractivity contribution is 5.95. The van der Waals surface area contributed by atoms with Crippen molar-refractivity contribution in [1.29, 1.82) is 0 Å². The van der Waals surface area contributed by atoms with E-state index in [2.05, 4.69) is 9.97 Å². The molecule has 0 unspecified atom stereocenters. The third-order valence-electron chi connectivity index (χ3n) is 6.18. The number of anilines is 1. The number of fused-ring (bicyclic) bond motifs is 1. The molecule has 8 nitrogen and oxygen atoms in total. The van der Waals surface area contributed by atoms with Crippen LogP contribution in [0.3, 0.4) is 0 Å². The number of halogens is 1. The zero-order valence-corrected chi connectivity index (χ0v) is 18.2. The molecule has 1 saturated heterocycles. The average molecular weight is 446 g/mol. The number of aromatic nitrogens is 4. The quantitative estimate of drug-likeness (QED) is 0.611. The zero-order chi connectivity index (χ0) is 22.9. The van der Waals surface area contributed by atoms with E-state index in [-0.39, 0.29) is 35.9 Å². The lowest BCUT2D eigenvalue weighted by Crippen LogP contribution is -2.37. The Bertz CT molecular complexity index is 1220. The Hall–Kier alpha value is -3.75. The number of carbonyl (C=O) groups is 2. The Morgan fingerprint density at radius 1 is 1.21 bits per heavy atom. The van der Waals surface area contributed by atoms with Crippen LogP contribution >= 0.6 is 0 Å². The van der Waals surface area contributed by atoms with Crippen LogP contribution in [0.5, 0.6) is 0 Å². The van der Waals surface area contributed by atoms with E-state index in [1.165, 1.54) is 30.7 Å². The fourth-order valence-electron chi connectivity index (χ4n) is 4.57. The first kappa shape index (κ1) is 21.1. The van der Waals surface area contributed by atoms with Crippen molar-refractivity contribution < 1.29 is 14.0 Å². The molecule has 168 valence electrons. The first-order chi connectivity index (χ1) is 16.0. The first-order valence-corrected chi connectivity index (χ1v) is 11.0. The highest BCUT2D eigenvalue weighted by Gasteiger charge is 2.36. The van der Waals surface area contributed by atoms with E-state index in [4.69, 9.17) is 9.97 Å². The van der Waals surface area contributed by atoms with Gasteiger partial charge in [0.1, 0.15) is 17.3 Å². The van der Waals surface area contributed by atoms with Gasteiger partial charge in [-0.1, -0.05) is 12.1 Å². The largest absolute Gasteiger partial charge is 0.327 e. The van der Waals surface area contributed by atoms with Crippen LogP contribution in [-0.2, 0) is 17.8 Å². The Morgan fingerprint density at radius 2 is 2.09 bits per heavy atom. The number of carbonyl (C=O) groups excluding carboxylic acids is 2.